The van der Waals surface area contributed by atoms with Crippen molar-refractivity contribution in [3.63, 3.8) is 0 Å². The predicted octanol–water partition coefficient (Wildman–Crippen LogP) is 2.12. The highest BCUT2D eigenvalue weighted by Gasteiger charge is 2.01. The van der Waals surface area contributed by atoms with Crippen LogP contribution in [-0.2, 0) is 0 Å². The van der Waals surface area contributed by atoms with Crippen molar-refractivity contribution in [2.75, 3.05) is 5.33 Å². The number of alkyl halides is 3. The zero-order valence-corrected chi connectivity index (χ0v) is 6.92. The quantitative estimate of drug-likeness (QED) is 0.371. The van der Waals surface area contributed by atoms with Gasteiger partial charge in [0.15, 0.2) is 0 Å². The predicted molar refractivity (Wildman–Crippen MR) is 35.0 cm³/mol. The zero-order valence-electron chi connectivity index (χ0n) is 4.33. The fraction of sp³-hybridized carbons (Fsp3) is 1.00. The van der Waals surface area contributed by atoms with Crippen LogP contribution in [0.25, 0.3) is 0 Å². The lowest BCUT2D eigenvalue weighted by Crippen LogP contribution is -2.02. The molecule has 0 atom stereocenters. The van der Waals surface area contributed by atoms with Gasteiger partial charge in [-0.3, -0.25) is 0 Å². The summed E-state index contributed by atoms with van der Waals surface area (Å²) in [5.41, 5.74) is 0. The van der Waals surface area contributed by atoms with Gasteiger partial charge in [-0.05, 0) is 6.42 Å². The topological polar surface area (TPSA) is 0 Å². The second-order valence-electron chi connectivity index (χ2n) is 1.30. The molecule has 0 aliphatic heterocycles. The largest absolute Gasteiger partial charge is 0.216 e. The minimum atomic E-state index is -2.09. The second-order valence-corrected chi connectivity index (χ2v) is 3.44. The standard InChI is InChI=1S/C4H7BrF2Si/c5-2-1-3-8-4(6)7/h4H,1-3H2. The molecule has 0 aromatic rings. The van der Waals surface area contributed by atoms with Crippen LogP contribution in [-0.4, -0.2) is 20.9 Å². The van der Waals surface area contributed by atoms with Crippen molar-refractivity contribution >= 4 is 25.4 Å². The fourth-order valence-electron chi connectivity index (χ4n) is 0.278. The third-order valence-electron chi connectivity index (χ3n) is 0.609. The molecule has 0 saturated carbocycles. The molecule has 0 aromatic heterocycles. The van der Waals surface area contributed by atoms with E-state index in [1.807, 2.05) is 0 Å². The van der Waals surface area contributed by atoms with Crippen molar-refractivity contribution in [1.82, 2.24) is 0 Å². The molecule has 0 bridgehead atoms. The van der Waals surface area contributed by atoms with Crippen molar-refractivity contribution in [2.45, 2.75) is 18.5 Å². The van der Waals surface area contributed by atoms with E-state index in [0.29, 0.717) is 6.04 Å². The summed E-state index contributed by atoms with van der Waals surface area (Å²) in [6, 6.07) is -1.43. The molecule has 0 aliphatic rings. The van der Waals surface area contributed by atoms with Crippen LogP contribution in [0.15, 0.2) is 0 Å². The summed E-state index contributed by atoms with van der Waals surface area (Å²) in [4.78, 5) is 0. The van der Waals surface area contributed by atoms with Crippen LogP contribution in [0.4, 0.5) is 8.78 Å². The first-order valence-corrected chi connectivity index (χ1v) is 4.75. The molecule has 0 aromatic carbocycles. The molecule has 0 unspecified atom stereocenters. The maximum Gasteiger partial charge on any atom is 0.216 e. The van der Waals surface area contributed by atoms with Gasteiger partial charge in [-0.15, -0.1) is 0 Å². The first-order chi connectivity index (χ1) is 3.77. The van der Waals surface area contributed by atoms with Crippen LogP contribution in [0, 0.1) is 0 Å². The normalized spacial score (nSPS) is 10.5. The van der Waals surface area contributed by atoms with E-state index in [1.54, 1.807) is 0 Å². The molecule has 0 spiro atoms. The first kappa shape index (κ1) is 8.56. The third kappa shape index (κ3) is 6.56. The summed E-state index contributed by atoms with van der Waals surface area (Å²) < 4.78 is 22.7. The lowest BCUT2D eigenvalue weighted by molar-refractivity contribution is 0.237. The highest BCUT2D eigenvalue weighted by molar-refractivity contribution is 9.09. The summed E-state index contributed by atoms with van der Waals surface area (Å²) >= 11 is 3.16. The van der Waals surface area contributed by atoms with E-state index in [2.05, 4.69) is 15.9 Å². The van der Waals surface area contributed by atoms with Crippen molar-refractivity contribution in [2.24, 2.45) is 0 Å². The van der Waals surface area contributed by atoms with Gasteiger partial charge < -0.3 is 0 Å². The van der Waals surface area contributed by atoms with Gasteiger partial charge in [0.1, 0.15) is 9.52 Å². The average Bonchev–Trinajstić information content (AvgIpc) is 1.66. The average molecular weight is 201 g/mol. The van der Waals surface area contributed by atoms with Gasteiger partial charge in [-0.25, -0.2) is 8.78 Å². The van der Waals surface area contributed by atoms with Crippen LogP contribution in [0.5, 0.6) is 0 Å². The highest BCUT2D eigenvalue weighted by Crippen LogP contribution is 1.98. The highest BCUT2D eigenvalue weighted by atomic mass is 79.9. The van der Waals surface area contributed by atoms with Gasteiger partial charge in [0.05, 0.1) is 0 Å². The third-order valence-corrected chi connectivity index (χ3v) is 2.12. The van der Waals surface area contributed by atoms with E-state index in [9.17, 15) is 8.78 Å². The van der Waals surface area contributed by atoms with E-state index in [4.69, 9.17) is 0 Å². The van der Waals surface area contributed by atoms with Gasteiger partial charge in [0, 0.05) is 5.33 Å². The number of rotatable bonds is 4. The summed E-state index contributed by atoms with van der Waals surface area (Å²) in [5.74, 6) is 0. The Morgan fingerprint density at radius 1 is 1.50 bits per heavy atom. The van der Waals surface area contributed by atoms with Crippen LogP contribution in [0.2, 0.25) is 6.04 Å². The van der Waals surface area contributed by atoms with Gasteiger partial charge in [0.25, 0.3) is 0 Å². The van der Waals surface area contributed by atoms with E-state index in [0.717, 1.165) is 11.8 Å². The second kappa shape index (κ2) is 5.69. The molecule has 0 rings (SSSR count). The van der Waals surface area contributed by atoms with Crippen molar-refractivity contribution in [3.8, 4) is 0 Å². The van der Waals surface area contributed by atoms with Gasteiger partial charge in [0.2, 0.25) is 6.05 Å². The molecule has 0 heterocycles. The molecule has 48 valence electrons. The van der Waals surface area contributed by atoms with Gasteiger partial charge >= 0.3 is 0 Å². The van der Waals surface area contributed by atoms with Crippen LogP contribution in [0.3, 0.4) is 0 Å². The Labute approximate surface area is 58.6 Å². The Hall–Kier alpha value is 0.557. The van der Waals surface area contributed by atoms with Crippen LogP contribution in [0.1, 0.15) is 6.42 Å². The number of hydrogen-bond donors (Lipinski definition) is 0. The van der Waals surface area contributed by atoms with Crippen molar-refractivity contribution in [3.05, 3.63) is 0 Å². The Morgan fingerprint density at radius 2 is 2.12 bits per heavy atom. The van der Waals surface area contributed by atoms with E-state index in [1.165, 1.54) is 0 Å². The SMILES string of the molecule is FC(F)[Si]CCCBr. The van der Waals surface area contributed by atoms with E-state index >= 15 is 0 Å². The van der Waals surface area contributed by atoms with E-state index in [-0.39, 0.29) is 9.52 Å². The summed E-state index contributed by atoms with van der Waals surface area (Å²) in [7, 11) is -0.168. The molecular weight excluding hydrogens is 194 g/mol. The van der Waals surface area contributed by atoms with E-state index < -0.39 is 6.05 Å². The first-order valence-electron chi connectivity index (χ1n) is 2.35. The summed E-state index contributed by atoms with van der Waals surface area (Å²) in [5, 5.41) is 0.840. The summed E-state index contributed by atoms with van der Waals surface area (Å²) in [6.07, 6.45) is 0.864. The molecule has 0 amide bonds. The van der Waals surface area contributed by atoms with Crippen molar-refractivity contribution < 1.29 is 8.78 Å². The Bertz CT molecular complexity index is 51.3. The molecule has 0 nitrogen and oxygen atoms in total. The molecule has 8 heavy (non-hydrogen) atoms. The zero-order chi connectivity index (χ0) is 6.41. The molecule has 0 fully saturated rings. The van der Waals surface area contributed by atoms with Gasteiger partial charge in [-0.2, -0.15) is 0 Å². The molecular formula is C4H7BrF2Si. The monoisotopic (exact) mass is 200 g/mol. The fourth-order valence-corrected chi connectivity index (χ4v) is 1.68. The lowest BCUT2D eigenvalue weighted by Gasteiger charge is -1.92. The smallest absolute Gasteiger partial charge is 0.216 e. The molecule has 4 heteroatoms. The van der Waals surface area contributed by atoms with Gasteiger partial charge in [-0.1, -0.05) is 22.0 Å². The number of halogens is 3. The molecule has 0 saturated heterocycles. The molecule has 0 aliphatic carbocycles. The Morgan fingerprint density at radius 3 is 2.50 bits per heavy atom. The lowest BCUT2D eigenvalue weighted by atomic mass is 10.6. The van der Waals surface area contributed by atoms with Crippen molar-refractivity contribution in [1.29, 1.82) is 0 Å². The molecule has 0 N–H and O–H groups in total. The minimum Gasteiger partial charge on any atom is -0.216 e. The Kier molecular flexibility index (Phi) is 6.09. The summed E-state index contributed by atoms with van der Waals surface area (Å²) in [6.45, 7) is 0. The Balaban J connectivity index is 2.72. The molecule has 2 radical (unpaired) electrons. The number of hydrogen-bond acceptors (Lipinski definition) is 0. The van der Waals surface area contributed by atoms with Crippen LogP contribution >= 0.6 is 15.9 Å². The maximum atomic E-state index is 11.4. The maximum absolute atomic E-state index is 11.4. The van der Waals surface area contributed by atoms with Crippen LogP contribution < -0.4 is 0 Å². The minimum absolute atomic E-state index is 0.168.